The van der Waals surface area contributed by atoms with Crippen LogP contribution in [0, 0.1) is 11.8 Å². The van der Waals surface area contributed by atoms with Gasteiger partial charge in [-0.25, -0.2) is 0 Å². The summed E-state index contributed by atoms with van der Waals surface area (Å²) >= 11 is 0. The van der Waals surface area contributed by atoms with Gasteiger partial charge in [0, 0.05) is 0 Å². The molecule has 0 saturated heterocycles. The smallest absolute Gasteiger partial charge is 0.0231 e. The van der Waals surface area contributed by atoms with Crippen LogP contribution in [-0.4, -0.2) is 0 Å². The van der Waals surface area contributed by atoms with Gasteiger partial charge in [0.05, 0.1) is 0 Å². The normalized spacial score (nSPS) is 37.0. The molecule has 0 aromatic carbocycles. The molecule has 0 aromatic heterocycles. The van der Waals surface area contributed by atoms with E-state index in [9.17, 15) is 0 Å². The summed E-state index contributed by atoms with van der Waals surface area (Å²) in [6.45, 7) is 2.39. The van der Waals surface area contributed by atoms with Gasteiger partial charge >= 0.3 is 0 Å². The van der Waals surface area contributed by atoms with Crippen LogP contribution < -0.4 is 0 Å². The summed E-state index contributed by atoms with van der Waals surface area (Å²) in [6.07, 6.45) is 11.2. The van der Waals surface area contributed by atoms with Crippen LogP contribution in [0.4, 0.5) is 0 Å². The summed E-state index contributed by atoms with van der Waals surface area (Å²) < 4.78 is 0. The van der Waals surface area contributed by atoms with E-state index >= 15 is 0 Å². The van der Waals surface area contributed by atoms with Crippen LogP contribution >= 0.6 is 0 Å². The SMILES string of the molecule is CC1CCC(C=C2CC2)CC1. The molecule has 0 aliphatic heterocycles. The van der Waals surface area contributed by atoms with Gasteiger partial charge in [-0.05, 0) is 37.5 Å². The second-order valence-electron chi connectivity index (χ2n) is 4.34. The van der Waals surface area contributed by atoms with Gasteiger partial charge in [0.2, 0.25) is 0 Å². The fourth-order valence-electron chi connectivity index (χ4n) is 2.02. The second-order valence-corrected chi connectivity index (χ2v) is 4.34. The van der Waals surface area contributed by atoms with Crippen molar-refractivity contribution in [1.29, 1.82) is 0 Å². The number of hydrogen-bond donors (Lipinski definition) is 0. The van der Waals surface area contributed by atoms with Crippen LogP contribution in [0.1, 0.15) is 45.4 Å². The predicted octanol–water partition coefficient (Wildman–Crippen LogP) is 3.53. The third-order valence-electron chi connectivity index (χ3n) is 3.07. The summed E-state index contributed by atoms with van der Waals surface area (Å²) in [5.41, 5.74) is 1.74. The minimum absolute atomic E-state index is 0.962. The van der Waals surface area contributed by atoms with E-state index in [1.807, 2.05) is 0 Å². The highest BCUT2D eigenvalue weighted by atomic mass is 14.2. The predicted molar refractivity (Wildman–Crippen MR) is 48.4 cm³/mol. The van der Waals surface area contributed by atoms with Crippen molar-refractivity contribution in [2.45, 2.75) is 45.4 Å². The first-order chi connectivity index (χ1) is 5.34. The highest BCUT2D eigenvalue weighted by Crippen LogP contribution is 2.35. The van der Waals surface area contributed by atoms with E-state index in [1.165, 1.54) is 38.5 Å². The molecule has 0 unspecified atom stereocenters. The highest BCUT2D eigenvalue weighted by Gasteiger charge is 2.19. The Labute approximate surface area is 69.7 Å². The second kappa shape index (κ2) is 3.00. The molecule has 0 heteroatoms. The summed E-state index contributed by atoms with van der Waals surface area (Å²) in [5.74, 6) is 1.97. The third kappa shape index (κ3) is 2.08. The van der Waals surface area contributed by atoms with Gasteiger partial charge in [-0.2, -0.15) is 0 Å². The van der Waals surface area contributed by atoms with Crippen LogP contribution in [0.2, 0.25) is 0 Å². The molecule has 0 amide bonds. The first-order valence-corrected chi connectivity index (χ1v) is 5.04. The fraction of sp³-hybridized carbons (Fsp3) is 0.818. The Hall–Kier alpha value is -0.260. The van der Waals surface area contributed by atoms with Gasteiger partial charge in [0.25, 0.3) is 0 Å². The Bertz CT molecular complexity index is 153. The van der Waals surface area contributed by atoms with Crippen molar-refractivity contribution in [2.24, 2.45) is 11.8 Å². The molecule has 2 aliphatic rings. The van der Waals surface area contributed by atoms with Crippen molar-refractivity contribution in [1.82, 2.24) is 0 Å². The summed E-state index contributed by atoms with van der Waals surface area (Å²) in [7, 11) is 0. The quantitative estimate of drug-likeness (QED) is 0.502. The first kappa shape index (κ1) is 7.39. The zero-order chi connectivity index (χ0) is 7.68. The molecule has 2 aliphatic carbocycles. The van der Waals surface area contributed by atoms with Crippen LogP contribution in [0.5, 0.6) is 0 Å². The molecular formula is C11H18. The van der Waals surface area contributed by atoms with Crippen molar-refractivity contribution in [3.05, 3.63) is 11.6 Å². The molecular weight excluding hydrogens is 132 g/mol. The van der Waals surface area contributed by atoms with E-state index in [0.29, 0.717) is 0 Å². The number of rotatable bonds is 1. The third-order valence-corrected chi connectivity index (χ3v) is 3.07. The Morgan fingerprint density at radius 2 is 1.73 bits per heavy atom. The minimum atomic E-state index is 0.962. The van der Waals surface area contributed by atoms with Gasteiger partial charge in [-0.1, -0.05) is 31.4 Å². The number of allylic oxidation sites excluding steroid dienone is 2. The Balaban J connectivity index is 1.82. The topological polar surface area (TPSA) is 0 Å². The van der Waals surface area contributed by atoms with Gasteiger partial charge in [-0.15, -0.1) is 0 Å². The molecule has 62 valence electrons. The maximum atomic E-state index is 2.56. The van der Waals surface area contributed by atoms with E-state index in [-0.39, 0.29) is 0 Å². The largest absolute Gasteiger partial charge is 0.0822 e. The van der Waals surface area contributed by atoms with Crippen LogP contribution in [-0.2, 0) is 0 Å². The monoisotopic (exact) mass is 150 g/mol. The van der Waals surface area contributed by atoms with E-state index in [4.69, 9.17) is 0 Å². The van der Waals surface area contributed by atoms with Gasteiger partial charge in [0.1, 0.15) is 0 Å². The van der Waals surface area contributed by atoms with Crippen molar-refractivity contribution in [3.8, 4) is 0 Å². The minimum Gasteiger partial charge on any atom is -0.0822 e. The van der Waals surface area contributed by atoms with Crippen LogP contribution in [0.25, 0.3) is 0 Å². The lowest BCUT2D eigenvalue weighted by Gasteiger charge is -2.23. The van der Waals surface area contributed by atoms with E-state index in [2.05, 4.69) is 13.0 Å². The fourth-order valence-corrected chi connectivity index (χ4v) is 2.02. The molecule has 0 atom stereocenters. The molecule has 2 saturated carbocycles. The van der Waals surface area contributed by atoms with E-state index < -0.39 is 0 Å². The Kier molecular flexibility index (Phi) is 2.02. The van der Waals surface area contributed by atoms with Gasteiger partial charge in [0.15, 0.2) is 0 Å². The average molecular weight is 150 g/mol. The van der Waals surface area contributed by atoms with E-state index in [0.717, 1.165) is 11.8 Å². The van der Waals surface area contributed by atoms with Crippen LogP contribution in [0.3, 0.4) is 0 Å². The molecule has 0 aromatic rings. The molecule has 0 heterocycles. The maximum absolute atomic E-state index is 2.56. The molecule has 0 N–H and O–H groups in total. The molecule has 0 spiro atoms. The molecule has 0 nitrogen and oxygen atoms in total. The van der Waals surface area contributed by atoms with Gasteiger partial charge < -0.3 is 0 Å². The van der Waals surface area contributed by atoms with Crippen molar-refractivity contribution in [2.75, 3.05) is 0 Å². The standard InChI is InChI=1S/C11H18/c1-9-2-4-10(5-3-9)8-11-6-7-11/h8-10H,2-7H2,1H3. The molecule has 2 rings (SSSR count). The molecule has 11 heavy (non-hydrogen) atoms. The summed E-state index contributed by atoms with van der Waals surface area (Å²) in [6, 6.07) is 0. The first-order valence-electron chi connectivity index (χ1n) is 5.04. The maximum Gasteiger partial charge on any atom is -0.0231 e. The molecule has 0 radical (unpaired) electrons. The lowest BCUT2D eigenvalue weighted by molar-refractivity contribution is 0.330. The zero-order valence-electron chi connectivity index (χ0n) is 7.47. The van der Waals surface area contributed by atoms with Crippen molar-refractivity contribution in [3.63, 3.8) is 0 Å². The zero-order valence-corrected chi connectivity index (χ0v) is 7.47. The summed E-state index contributed by atoms with van der Waals surface area (Å²) in [5, 5.41) is 0. The Morgan fingerprint density at radius 1 is 1.09 bits per heavy atom. The lowest BCUT2D eigenvalue weighted by Crippen LogP contribution is -2.09. The average Bonchev–Trinajstić information content (AvgIpc) is 2.78. The van der Waals surface area contributed by atoms with E-state index in [1.54, 1.807) is 5.57 Å². The highest BCUT2D eigenvalue weighted by molar-refractivity contribution is 5.17. The summed E-state index contributed by atoms with van der Waals surface area (Å²) in [4.78, 5) is 0. The Morgan fingerprint density at radius 3 is 2.27 bits per heavy atom. The lowest BCUT2D eigenvalue weighted by atomic mass is 9.83. The number of hydrogen-bond acceptors (Lipinski definition) is 0. The molecule has 2 fully saturated rings. The van der Waals surface area contributed by atoms with Gasteiger partial charge in [-0.3, -0.25) is 0 Å². The van der Waals surface area contributed by atoms with Crippen molar-refractivity contribution >= 4 is 0 Å². The van der Waals surface area contributed by atoms with Crippen LogP contribution in [0.15, 0.2) is 11.6 Å². The van der Waals surface area contributed by atoms with Crippen molar-refractivity contribution < 1.29 is 0 Å². The molecule has 0 bridgehead atoms.